The Morgan fingerprint density at radius 3 is 2.00 bits per heavy atom. The molecule has 1 N–H and O–H groups in total. The third-order valence-electron chi connectivity index (χ3n) is 3.79. The van der Waals surface area contributed by atoms with Crippen molar-refractivity contribution in [2.24, 2.45) is 5.16 Å². The summed E-state index contributed by atoms with van der Waals surface area (Å²) in [5.74, 6) is 1.07. The molecular formula is C19H19NOS. The van der Waals surface area contributed by atoms with Crippen LogP contribution in [0.2, 0.25) is 0 Å². The van der Waals surface area contributed by atoms with Gasteiger partial charge < -0.3 is 5.21 Å². The third kappa shape index (κ3) is 3.25. The third-order valence-corrected chi connectivity index (χ3v) is 5.01. The molecule has 1 heterocycles. The smallest absolute Gasteiger partial charge is 0.0937 e. The van der Waals surface area contributed by atoms with Crippen molar-refractivity contribution >= 4 is 23.0 Å². The minimum atomic E-state index is 0.810. The SMILES string of the molecule is O/N=C1\CCCCSC1=C(c1ccccc1)c1ccccc1. The number of oxime groups is 1. The molecule has 0 unspecified atom stereocenters. The standard InChI is InChI=1S/C19H19NOS/c21-20-17-13-7-8-14-22-19(17)18(15-9-3-1-4-10-15)16-11-5-2-6-12-16/h1-6,9-12,21H,7-8,13-14H2/b20-17+. The molecule has 2 nitrogen and oxygen atoms in total. The fourth-order valence-electron chi connectivity index (χ4n) is 2.72. The Morgan fingerprint density at radius 1 is 0.864 bits per heavy atom. The monoisotopic (exact) mass is 309 g/mol. The van der Waals surface area contributed by atoms with Crippen molar-refractivity contribution in [2.45, 2.75) is 19.3 Å². The molecule has 1 aliphatic rings. The molecule has 0 amide bonds. The van der Waals surface area contributed by atoms with E-state index in [0.717, 1.165) is 35.6 Å². The summed E-state index contributed by atoms with van der Waals surface area (Å²) in [7, 11) is 0. The van der Waals surface area contributed by atoms with E-state index in [0.29, 0.717) is 0 Å². The molecule has 2 aromatic carbocycles. The molecule has 0 bridgehead atoms. The molecule has 1 fully saturated rings. The lowest BCUT2D eigenvalue weighted by Gasteiger charge is -2.15. The fourth-order valence-corrected chi connectivity index (χ4v) is 3.96. The first-order chi connectivity index (χ1) is 10.9. The first-order valence-electron chi connectivity index (χ1n) is 7.59. The highest BCUT2D eigenvalue weighted by molar-refractivity contribution is 8.04. The van der Waals surface area contributed by atoms with E-state index in [4.69, 9.17) is 0 Å². The fraction of sp³-hybridized carbons (Fsp3) is 0.211. The van der Waals surface area contributed by atoms with Gasteiger partial charge in [-0.1, -0.05) is 65.8 Å². The number of nitrogens with zero attached hydrogens (tertiary/aromatic N) is 1. The maximum absolute atomic E-state index is 9.47. The van der Waals surface area contributed by atoms with Crippen LogP contribution in [0.15, 0.2) is 70.7 Å². The Hall–Kier alpha value is -2.00. The van der Waals surface area contributed by atoms with Gasteiger partial charge in [-0.05, 0) is 36.1 Å². The maximum atomic E-state index is 9.47. The van der Waals surface area contributed by atoms with Gasteiger partial charge in [-0.3, -0.25) is 0 Å². The van der Waals surface area contributed by atoms with E-state index in [9.17, 15) is 5.21 Å². The number of thioether (sulfide) groups is 1. The van der Waals surface area contributed by atoms with Crippen molar-refractivity contribution in [3.8, 4) is 0 Å². The Morgan fingerprint density at radius 2 is 1.45 bits per heavy atom. The summed E-state index contributed by atoms with van der Waals surface area (Å²) >= 11 is 1.80. The van der Waals surface area contributed by atoms with E-state index in [1.165, 1.54) is 16.7 Å². The van der Waals surface area contributed by atoms with Crippen molar-refractivity contribution in [1.29, 1.82) is 0 Å². The molecule has 0 radical (unpaired) electrons. The zero-order valence-corrected chi connectivity index (χ0v) is 13.2. The van der Waals surface area contributed by atoms with Gasteiger partial charge in [-0.15, -0.1) is 11.8 Å². The van der Waals surface area contributed by atoms with Crippen LogP contribution in [-0.4, -0.2) is 16.7 Å². The van der Waals surface area contributed by atoms with Crippen molar-refractivity contribution < 1.29 is 5.21 Å². The summed E-state index contributed by atoms with van der Waals surface area (Å²) in [6.07, 6.45) is 3.07. The Bertz CT molecular complexity index is 636. The van der Waals surface area contributed by atoms with E-state index in [1.54, 1.807) is 11.8 Å². The molecule has 0 atom stereocenters. The van der Waals surface area contributed by atoms with Gasteiger partial charge in [0.25, 0.3) is 0 Å². The minimum Gasteiger partial charge on any atom is -0.411 e. The van der Waals surface area contributed by atoms with E-state index >= 15 is 0 Å². The highest BCUT2D eigenvalue weighted by Crippen LogP contribution is 2.36. The van der Waals surface area contributed by atoms with Crippen LogP contribution in [0.5, 0.6) is 0 Å². The summed E-state index contributed by atoms with van der Waals surface area (Å²) in [4.78, 5) is 1.11. The Balaban J connectivity index is 2.22. The van der Waals surface area contributed by atoms with Gasteiger partial charge in [0, 0.05) is 10.5 Å². The lowest BCUT2D eigenvalue weighted by molar-refractivity contribution is 0.318. The van der Waals surface area contributed by atoms with Crippen molar-refractivity contribution in [2.75, 3.05) is 5.75 Å². The van der Waals surface area contributed by atoms with Gasteiger partial charge in [0.15, 0.2) is 0 Å². The molecule has 0 aromatic heterocycles. The average molecular weight is 309 g/mol. The number of allylic oxidation sites excluding steroid dienone is 1. The summed E-state index contributed by atoms with van der Waals surface area (Å²) in [5, 5.41) is 13.1. The van der Waals surface area contributed by atoms with Crippen LogP contribution >= 0.6 is 11.8 Å². The van der Waals surface area contributed by atoms with Crippen LogP contribution in [0.25, 0.3) is 5.57 Å². The molecule has 0 saturated carbocycles. The summed E-state index contributed by atoms with van der Waals surface area (Å²) in [5.41, 5.74) is 4.31. The first kappa shape index (κ1) is 14.9. The largest absolute Gasteiger partial charge is 0.411 e. The summed E-state index contributed by atoms with van der Waals surface area (Å²) in [6, 6.07) is 20.7. The number of rotatable bonds is 2. The summed E-state index contributed by atoms with van der Waals surface area (Å²) < 4.78 is 0. The second-order valence-electron chi connectivity index (χ2n) is 5.29. The van der Waals surface area contributed by atoms with E-state index in [1.807, 2.05) is 12.1 Å². The first-order valence-corrected chi connectivity index (χ1v) is 8.58. The molecule has 22 heavy (non-hydrogen) atoms. The molecular weight excluding hydrogens is 290 g/mol. The van der Waals surface area contributed by atoms with Crippen LogP contribution < -0.4 is 0 Å². The lowest BCUT2D eigenvalue weighted by Crippen LogP contribution is -2.03. The van der Waals surface area contributed by atoms with Crippen LogP contribution in [0.1, 0.15) is 30.4 Å². The molecule has 2 aromatic rings. The van der Waals surface area contributed by atoms with Gasteiger partial charge in [-0.2, -0.15) is 0 Å². The van der Waals surface area contributed by atoms with Gasteiger partial charge in [0.05, 0.1) is 5.71 Å². The highest BCUT2D eigenvalue weighted by Gasteiger charge is 2.20. The Labute approximate surface area is 135 Å². The lowest BCUT2D eigenvalue weighted by atomic mass is 9.95. The Kier molecular flexibility index (Phi) is 4.96. The number of hydrogen-bond acceptors (Lipinski definition) is 3. The quantitative estimate of drug-likeness (QED) is 0.611. The van der Waals surface area contributed by atoms with Gasteiger partial charge in [0.1, 0.15) is 0 Å². The van der Waals surface area contributed by atoms with Crippen LogP contribution in [0.4, 0.5) is 0 Å². The molecule has 112 valence electrons. The van der Waals surface area contributed by atoms with Crippen LogP contribution in [0, 0.1) is 0 Å². The molecule has 0 spiro atoms. The molecule has 3 heteroatoms. The van der Waals surface area contributed by atoms with E-state index in [-0.39, 0.29) is 0 Å². The van der Waals surface area contributed by atoms with Crippen molar-refractivity contribution in [3.63, 3.8) is 0 Å². The molecule has 0 aliphatic carbocycles. The second kappa shape index (κ2) is 7.32. The number of hydrogen-bond donors (Lipinski definition) is 1. The normalized spacial score (nSPS) is 17.3. The molecule has 1 saturated heterocycles. The van der Waals surface area contributed by atoms with E-state index in [2.05, 4.69) is 53.7 Å². The minimum absolute atomic E-state index is 0.810. The molecule has 3 rings (SSSR count). The number of benzene rings is 2. The van der Waals surface area contributed by atoms with E-state index < -0.39 is 0 Å². The maximum Gasteiger partial charge on any atom is 0.0937 e. The van der Waals surface area contributed by atoms with Gasteiger partial charge in [0.2, 0.25) is 0 Å². The van der Waals surface area contributed by atoms with Crippen LogP contribution in [0.3, 0.4) is 0 Å². The van der Waals surface area contributed by atoms with Crippen LogP contribution in [-0.2, 0) is 0 Å². The summed E-state index contributed by atoms with van der Waals surface area (Å²) in [6.45, 7) is 0. The van der Waals surface area contributed by atoms with Gasteiger partial charge >= 0.3 is 0 Å². The van der Waals surface area contributed by atoms with Crippen molar-refractivity contribution in [1.82, 2.24) is 0 Å². The zero-order valence-electron chi connectivity index (χ0n) is 12.4. The predicted octanol–water partition coefficient (Wildman–Crippen LogP) is 5.19. The second-order valence-corrected chi connectivity index (χ2v) is 6.39. The average Bonchev–Trinajstić information content (AvgIpc) is 2.83. The zero-order chi connectivity index (χ0) is 15.2. The van der Waals surface area contributed by atoms with Gasteiger partial charge in [-0.25, -0.2) is 0 Å². The van der Waals surface area contributed by atoms with Crippen molar-refractivity contribution in [3.05, 3.63) is 76.7 Å². The predicted molar refractivity (Wildman–Crippen MR) is 94.4 cm³/mol. The highest BCUT2D eigenvalue weighted by atomic mass is 32.2. The topological polar surface area (TPSA) is 32.6 Å². The molecule has 1 aliphatic heterocycles.